The fraction of sp³-hybridized carbons (Fsp3) is 0. The molecule has 0 aliphatic rings. The molecule has 0 aliphatic heterocycles. The van der Waals surface area contributed by atoms with Crippen LogP contribution in [0.25, 0.3) is 16.9 Å². The van der Waals surface area contributed by atoms with Gasteiger partial charge in [0.25, 0.3) is 5.91 Å². The molecule has 0 saturated heterocycles. The standard InChI is InChI=1S/C21H16N4O3/c26-17-5-6-18(20(27)13-17)19-9-12-23-25(19)16-3-1-15(2-4-16)24-21(28)14-7-10-22-11-8-14/h1-13,26-27H,(H,24,28). The Bertz CT molecular complexity index is 1120. The minimum atomic E-state index is -0.219. The highest BCUT2D eigenvalue weighted by molar-refractivity contribution is 6.04. The third-order valence-electron chi connectivity index (χ3n) is 4.21. The fourth-order valence-electron chi connectivity index (χ4n) is 2.84. The summed E-state index contributed by atoms with van der Waals surface area (Å²) in [6.07, 6.45) is 4.76. The van der Waals surface area contributed by atoms with Gasteiger partial charge >= 0.3 is 0 Å². The molecule has 0 bridgehead atoms. The molecule has 1 amide bonds. The number of anilines is 1. The van der Waals surface area contributed by atoms with Crippen LogP contribution in [0, 0.1) is 0 Å². The molecule has 2 heterocycles. The van der Waals surface area contributed by atoms with E-state index < -0.39 is 0 Å². The van der Waals surface area contributed by atoms with E-state index >= 15 is 0 Å². The molecule has 0 unspecified atom stereocenters. The van der Waals surface area contributed by atoms with Gasteiger partial charge in [-0.15, -0.1) is 0 Å². The van der Waals surface area contributed by atoms with Crippen molar-refractivity contribution in [3.05, 3.63) is 84.8 Å². The Morgan fingerprint density at radius 3 is 2.36 bits per heavy atom. The van der Waals surface area contributed by atoms with Gasteiger partial charge in [0.15, 0.2) is 0 Å². The molecule has 0 saturated carbocycles. The summed E-state index contributed by atoms with van der Waals surface area (Å²) < 4.78 is 1.67. The van der Waals surface area contributed by atoms with Crippen molar-refractivity contribution >= 4 is 11.6 Å². The van der Waals surface area contributed by atoms with E-state index in [1.54, 1.807) is 59.7 Å². The van der Waals surface area contributed by atoms with Gasteiger partial charge in [0, 0.05) is 35.3 Å². The SMILES string of the molecule is O=C(Nc1ccc(-n2nccc2-c2ccc(O)cc2O)cc1)c1ccncc1. The molecule has 0 spiro atoms. The normalized spacial score (nSPS) is 10.6. The molecule has 4 rings (SSSR count). The largest absolute Gasteiger partial charge is 0.508 e. The zero-order valence-corrected chi connectivity index (χ0v) is 14.6. The molecular formula is C21H16N4O3. The van der Waals surface area contributed by atoms with Crippen molar-refractivity contribution in [1.82, 2.24) is 14.8 Å². The smallest absolute Gasteiger partial charge is 0.255 e. The first-order valence-corrected chi connectivity index (χ1v) is 8.50. The van der Waals surface area contributed by atoms with E-state index in [9.17, 15) is 15.0 Å². The number of benzene rings is 2. The third kappa shape index (κ3) is 3.41. The van der Waals surface area contributed by atoms with Crippen LogP contribution in [0.4, 0.5) is 5.69 Å². The van der Waals surface area contributed by atoms with Crippen LogP contribution in [0.3, 0.4) is 0 Å². The molecule has 4 aromatic rings. The highest BCUT2D eigenvalue weighted by Gasteiger charge is 2.12. The van der Waals surface area contributed by atoms with Crippen molar-refractivity contribution in [2.75, 3.05) is 5.32 Å². The second kappa shape index (κ2) is 7.24. The highest BCUT2D eigenvalue weighted by Crippen LogP contribution is 2.33. The summed E-state index contributed by atoms with van der Waals surface area (Å²) in [6, 6.07) is 16.6. The van der Waals surface area contributed by atoms with Gasteiger partial charge in [-0.25, -0.2) is 4.68 Å². The Balaban J connectivity index is 1.59. The molecule has 0 atom stereocenters. The number of pyridine rings is 1. The lowest BCUT2D eigenvalue weighted by Crippen LogP contribution is -2.11. The Kier molecular flexibility index (Phi) is 4.47. The molecule has 3 N–H and O–H groups in total. The lowest BCUT2D eigenvalue weighted by atomic mass is 10.1. The minimum Gasteiger partial charge on any atom is -0.508 e. The van der Waals surface area contributed by atoms with E-state index in [0.717, 1.165) is 5.69 Å². The molecule has 0 radical (unpaired) electrons. The first-order valence-electron chi connectivity index (χ1n) is 8.50. The number of phenolic OH excluding ortho intramolecular Hbond substituents is 2. The van der Waals surface area contributed by atoms with Crippen LogP contribution in [0.5, 0.6) is 11.5 Å². The van der Waals surface area contributed by atoms with E-state index in [2.05, 4.69) is 15.4 Å². The quantitative estimate of drug-likeness (QED) is 0.508. The third-order valence-corrected chi connectivity index (χ3v) is 4.21. The average molecular weight is 372 g/mol. The van der Waals surface area contributed by atoms with Crippen LogP contribution in [0.15, 0.2) is 79.3 Å². The molecule has 0 aliphatic carbocycles. The Morgan fingerprint density at radius 1 is 0.893 bits per heavy atom. The fourth-order valence-corrected chi connectivity index (χ4v) is 2.84. The van der Waals surface area contributed by atoms with Crippen LogP contribution < -0.4 is 5.32 Å². The summed E-state index contributed by atoms with van der Waals surface area (Å²) in [4.78, 5) is 16.1. The van der Waals surface area contributed by atoms with Gasteiger partial charge in [0.05, 0.1) is 17.6 Å². The van der Waals surface area contributed by atoms with Gasteiger partial charge in [0.2, 0.25) is 0 Å². The summed E-state index contributed by atoms with van der Waals surface area (Å²) in [6.45, 7) is 0. The first-order chi connectivity index (χ1) is 13.6. The second-order valence-electron chi connectivity index (χ2n) is 6.07. The number of carbonyl (C=O) groups is 1. The van der Waals surface area contributed by atoms with Crippen molar-refractivity contribution in [2.24, 2.45) is 0 Å². The van der Waals surface area contributed by atoms with Crippen molar-refractivity contribution in [1.29, 1.82) is 0 Å². The number of amides is 1. The van der Waals surface area contributed by atoms with Crippen LogP contribution in [-0.2, 0) is 0 Å². The highest BCUT2D eigenvalue weighted by atomic mass is 16.3. The van der Waals surface area contributed by atoms with Crippen molar-refractivity contribution < 1.29 is 15.0 Å². The lowest BCUT2D eigenvalue weighted by Gasteiger charge is -2.11. The topological polar surface area (TPSA) is 100 Å². The molecule has 2 aromatic carbocycles. The molecule has 2 aromatic heterocycles. The summed E-state index contributed by atoms with van der Waals surface area (Å²) in [5.74, 6) is -0.270. The summed E-state index contributed by atoms with van der Waals surface area (Å²) >= 11 is 0. The molecule has 138 valence electrons. The van der Waals surface area contributed by atoms with E-state index in [0.29, 0.717) is 22.5 Å². The number of aromatic nitrogens is 3. The van der Waals surface area contributed by atoms with E-state index in [1.165, 1.54) is 12.1 Å². The number of nitrogens with zero attached hydrogens (tertiary/aromatic N) is 3. The zero-order chi connectivity index (χ0) is 19.5. The van der Waals surface area contributed by atoms with Gasteiger partial charge in [-0.3, -0.25) is 9.78 Å². The Hall–Kier alpha value is -4.13. The minimum absolute atomic E-state index is 0.0124. The maximum absolute atomic E-state index is 12.2. The Labute approximate surface area is 160 Å². The van der Waals surface area contributed by atoms with Crippen molar-refractivity contribution in [3.8, 4) is 28.4 Å². The number of hydrogen-bond donors (Lipinski definition) is 3. The monoisotopic (exact) mass is 372 g/mol. The van der Waals surface area contributed by atoms with E-state index in [1.807, 2.05) is 12.1 Å². The number of phenols is 2. The van der Waals surface area contributed by atoms with Gasteiger partial charge in [-0.2, -0.15) is 5.10 Å². The molecular weight excluding hydrogens is 356 g/mol. The zero-order valence-electron chi connectivity index (χ0n) is 14.6. The van der Waals surface area contributed by atoms with Crippen molar-refractivity contribution in [3.63, 3.8) is 0 Å². The maximum Gasteiger partial charge on any atom is 0.255 e. The Morgan fingerprint density at radius 2 is 1.64 bits per heavy atom. The van der Waals surface area contributed by atoms with E-state index in [-0.39, 0.29) is 17.4 Å². The number of hydrogen-bond acceptors (Lipinski definition) is 5. The molecule has 7 nitrogen and oxygen atoms in total. The van der Waals surface area contributed by atoms with Crippen LogP contribution in [-0.4, -0.2) is 30.9 Å². The van der Waals surface area contributed by atoms with Gasteiger partial charge in [0.1, 0.15) is 11.5 Å². The van der Waals surface area contributed by atoms with Gasteiger partial charge in [-0.05, 0) is 54.6 Å². The number of nitrogens with one attached hydrogen (secondary N) is 1. The summed E-state index contributed by atoms with van der Waals surface area (Å²) in [5, 5.41) is 26.8. The molecule has 28 heavy (non-hydrogen) atoms. The van der Waals surface area contributed by atoms with E-state index in [4.69, 9.17) is 0 Å². The number of carbonyl (C=O) groups excluding carboxylic acids is 1. The summed E-state index contributed by atoms with van der Waals surface area (Å²) in [5.41, 5.74) is 3.15. The molecule has 0 fully saturated rings. The molecule has 7 heteroatoms. The maximum atomic E-state index is 12.2. The van der Waals surface area contributed by atoms with Crippen molar-refractivity contribution in [2.45, 2.75) is 0 Å². The van der Waals surface area contributed by atoms with Crippen LogP contribution >= 0.6 is 0 Å². The van der Waals surface area contributed by atoms with Gasteiger partial charge < -0.3 is 15.5 Å². The number of aromatic hydroxyl groups is 2. The first kappa shape index (κ1) is 17.3. The predicted octanol–water partition coefficient (Wildman–Crippen LogP) is 3.60. The predicted molar refractivity (Wildman–Crippen MR) is 105 cm³/mol. The second-order valence-corrected chi connectivity index (χ2v) is 6.07. The lowest BCUT2D eigenvalue weighted by molar-refractivity contribution is 0.102. The van der Waals surface area contributed by atoms with Crippen LogP contribution in [0.2, 0.25) is 0 Å². The average Bonchev–Trinajstić information content (AvgIpc) is 3.19. The van der Waals surface area contributed by atoms with Gasteiger partial charge in [-0.1, -0.05) is 0 Å². The summed E-state index contributed by atoms with van der Waals surface area (Å²) in [7, 11) is 0. The van der Waals surface area contributed by atoms with Crippen LogP contribution in [0.1, 0.15) is 10.4 Å². The number of rotatable bonds is 4.